The van der Waals surface area contributed by atoms with E-state index in [4.69, 9.17) is 16.3 Å². The Morgan fingerprint density at radius 3 is 2.79 bits per heavy atom. The van der Waals surface area contributed by atoms with Gasteiger partial charge in [0.15, 0.2) is 12.3 Å². The second-order valence-corrected chi connectivity index (χ2v) is 7.54. The molecule has 0 saturated heterocycles. The van der Waals surface area contributed by atoms with Gasteiger partial charge < -0.3 is 4.74 Å². The summed E-state index contributed by atoms with van der Waals surface area (Å²) >= 11 is 8.66. The predicted octanol–water partition coefficient (Wildman–Crippen LogP) is 4.87. The summed E-state index contributed by atoms with van der Waals surface area (Å²) < 4.78 is 5.06. The van der Waals surface area contributed by atoms with Gasteiger partial charge >= 0.3 is 5.97 Å². The van der Waals surface area contributed by atoms with Crippen molar-refractivity contribution in [1.82, 2.24) is 4.98 Å². The maximum absolute atomic E-state index is 12.0. The first-order valence-corrected chi connectivity index (χ1v) is 9.08. The Labute approximate surface area is 151 Å². The van der Waals surface area contributed by atoms with Gasteiger partial charge in [0.05, 0.1) is 4.88 Å². The second-order valence-electron chi connectivity index (χ2n) is 4.96. The molecule has 24 heavy (non-hydrogen) atoms. The number of rotatable bonds is 5. The molecule has 2 heterocycles. The molecule has 3 rings (SSSR count). The molecule has 4 nitrogen and oxygen atoms in total. The molecule has 0 spiro atoms. The van der Waals surface area contributed by atoms with Crippen LogP contribution in [-0.4, -0.2) is 23.3 Å². The van der Waals surface area contributed by atoms with Gasteiger partial charge in [-0.3, -0.25) is 4.79 Å². The van der Waals surface area contributed by atoms with E-state index in [2.05, 4.69) is 4.98 Å². The van der Waals surface area contributed by atoms with E-state index in [0.717, 1.165) is 10.4 Å². The first kappa shape index (κ1) is 16.8. The van der Waals surface area contributed by atoms with Crippen molar-refractivity contribution in [1.29, 1.82) is 0 Å². The highest BCUT2D eigenvalue weighted by Crippen LogP contribution is 2.26. The molecular formula is C17H12ClNO3S2. The van der Waals surface area contributed by atoms with E-state index >= 15 is 0 Å². The molecule has 1 aromatic carbocycles. The molecule has 0 aliphatic rings. The monoisotopic (exact) mass is 377 g/mol. The zero-order valence-electron chi connectivity index (χ0n) is 12.6. The van der Waals surface area contributed by atoms with Crippen molar-refractivity contribution in [2.75, 3.05) is 6.61 Å². The molecule has 0 saturated carbocycles. The van der Waals surface area contributed by atoms with Crippen molar-refractivity contribution >= 4 is 46.0 Å². The van der Waals surface area contributed by atoms with E-state index in [-0.39, 0.29) is 18.1 Å². The number of aryl methyl sites for hydroxylation is 1. The van der Waals surface area contributed by atoms with E-state index in [1.165, 1.54) is 22.7 Å². The number of carbonyl (C=O) groups excluding carboxylic acids is 2. The number of thiazole rings is 1. The van der Waals surface area contributed by atoms with Gasteiger partial charge in [-0.15, -0.1) is 22.7 Å². The molecule has 0 unspecified atom stereocenters. The molecule has 0 amide bonds. The Balaban J connectivity index is 1.65. The highest BCUT2D eigenvalue weighted by Gasteiger charge is 2.16. The summed E-state index contributed by atoms with van der Waals surface area (Å²) in [4.78, 5) is 29.9. The maximum atomic E-state index is 12.0. The molecule has 122 valence electrons. The molecule has 2 aromatic heterocycles. The largest absolute Gasteiger partial charge is 0.453 e. The molecule has 0 fully saturated rings. The highest BCUT2D eigenvalue weighted by molar-refractivity contribution is 7.14. The molecule has 0 radical (unpaired) electrons. The van der Waals surface area contributed by atoms with Crippen molar-refractivity contribution < 1.29 is 14.3 Å². The summed E-state index contributed by atoms with van der Waals surface area (Å²) in [6, 6.07) is 10.8. The van der Waals surface area contributed by atoms with Crippen LogP contribution >= 0.6 is 34.3 Å². The quantitative estimate of drug-likeness (QED) is 0.470. The number of ketones is 1. The van der Waals surface area contributed by atoms with Crippen LogP contribution in [0.3, 0.4) is 0 Å². The zero-order chi connectivity index (χ0) is 17.1. The number of benzene rings is 1. The smallest absolute Gasteiger partial charge is 0.358 e. The number of ether oxygens (including phenoxy) is 1. The number of hydrogen-bond donors (Lipinski definition) is 0. The van der Waals surface area contributed by atoms with Gasteiger partial charge in [-0.2, -0.15) is 0 Å². The lowest BCUT2D eigenvalue weighted by Crippen LogP contribution is -2.13. The van der Waals surface area contributed by atoms with Gasteiger partial charge in [0, 0.05) is 20.8 Å². The van der Waals surface area contributed by atoms with Crippen LogP contribution in [0.25, 0.3) is 10.6 Å². The SMILES string of the molecule is Cc1ccc(C(=O)COC(=O)c2csc(-c3cccc(Cl)c3)n2)s1. The van der Waals surface area contributed by atoms with Crippen LogP contribution in [0.15, 0.2) is 41.8 Å². The number of hydrogen-bond acceptors (Lipinski definition) is 6. The van der Waals surface area contributed by atoms with Crippen LogP contribution in [-0.2, 0) is 4.74 Å². The van der Waals surface area contributed by atoms with Gasteiger partial charge in [-0.25, -0.2) is 9.78 Å². The minimum Gasteiger partial charge on any atom is -0.453 e. The van der Waals surface area contributed by atoms with Gasteiger partial charge in [0.2, 0.25) is 5.78 Å². The summed E-state index contributed by atoms with van der Waals surface area (Å²) in [5.74, 6) is -0.826. The van der Waals surface area contributed by atoms with Crippen molar-refractivity contribution in [3.63, 3.8) is 0 Å². The molecule has 3 aromatic rings. The van der Waals surface area contributed by atoms with Gasteiger partial charge in [-0.05, 0) is 31.2 Å². The maximum Gasteiger partial charge on any atom is 0.358 e. The van der Waals surface area contributed by atoms with Crippen molar-refractivity contribution in [2.45, 2.75) is 6.92 Å². The second kappa shape index (κ2) is 7.25. The normalized spacial score (nSPS) is 10.6. The van der Waals surface area contributed by atoms with Gasteiger partial charge in [0.1, 0.15) is 5.01 Å². The first-order valence-electron chi connectivity index (χ1n) is 7.01. The summed E-state index contributed by atoms with van der Waals surface area (Å²) in [7, 11) is 0. The fraction of sp³-hybridized carbons (Fsp3) is 0.118. The average molecular weight is 378 g/mol. The van der Waals surface area contributed by atoms with Gasteiger partial charge in [-0.1, -0.05) is 23.7 Å². The van der Waals surface area contributed by atoms with Crippen molar-refractivity contribution in [3.05, 3.63) is 62.2 Å². The minimum atomic E-state index is -0.610. The third-order valence-electron chi connectivity index (χ3n) is 3.13. The van der Waals surface area contributed by atoms with Crippen LogP contribution in [0.5, 0.6) is 0 Å². The fourth-order valence-corrected chi connectivity index (χ4v) is 3.75. The number of nitrogens with zero attached hydrogens (tertiary/aromatic N) is 1. The Morgan fingerprint density at radius 1 is 1.25 bits per heavy atom. The first-order chi connectivity index (χ1) is 11.5. The van der Waals surface area contributed by atoms with E-state index < -0.39 is 5.97 Å². The van der Waals surface area contributed by atoms with Crippen LogP contribution in [0, 0.1) is 6.92 Å². The van der Waals surface area contributed by atoms with E-state index in [9.17, 15) is 9.59 Å². The van der Waals surface area contributed by atoms with Crippen LogP contribution in [0.4, 0.5) is 0 Å². The summed E-state index contributed by atoms with van der Waals surface area (Å²) in [6.07, 6.45) is 0. The Kier molecular flexibility index (Phi) is 5.08. The minimum absolute atomic E-state index is 0.185. The predicted molar refractivity (Wildman–Crippen MR) is 96.2 cm³/mol. The van der Waals surface area contributed by atoms with E-state index in [0.29, 0.717) is 14.9 Å². The average Bonchev–Trinajstić information content (AvgIpc) is 3.21. The molecular weight excluding hydrogens is 366 g/mol. The fourth-order valence-electron chi connectivity index (χ4n) is 1.98. The summed E-state index contributed by atoms with van der Waals surface area (Å²) in [5, 5.41) is 2.88. The number of thiophene rings is 1. The van der Waals surface area contributed by atoms with Crippen molar-refractivity contribution in [2.24, 2.45) is 0 Å². The topological polar surface area (TPSA) is 56.3 Å². The molecule has 0 atom stereocenters. The number of aromatic nitrogens is 1. The Bertz CT molecular complexity index is 901. The third-order valence-corrected chi connectivity index (χ3v) is 5.30. The van der Waals surface area contributed by atoms with Crippen LogP contribution in [0.2, 0.25) is 5.02 Å². The number of Topliss-reactive ketones (excluding diaryl/α,β-unsaturated/α-hetero) is 1. The van der Waals surface area contributed by atoms with E-state index in [1.807, 2.05) is 25.1 Å². The van der Waals surface area contributed by atoms with Crippen molar-refractivity contribution in [3.8, 4) is 10.6 Å². The number of esters is 1. The lowest BCUT2D eigenvalue weighted by molar-refractivity contribution is 0.0471. The van der Waals surface area contributed by atoms with Crippen LogP contribution < -0.4 is 0 Å². The highest BCUT2D eigenvalue weighted by atomic mass is 35.5. The lowest BCUT2D eigenvalue weighted by atomic mass is 10.2. The lowest BCUT2D eigenvalue weighted by Gasteiger charge is -2.01. The van der Waals surface area contributed by atoms with Crippen LogP contribution in [0.1, 0.15) is 25.0 Å². The third kappa shape index (κ3) is 3.90. The summed E-state index contributed by atoms with van der Waals surface area (Å²) in [5.41, 5.74) is 1.02. The Hall–Kier alpha value is -2.02. The number of carbonyl (C=O) groups is 2. The number of halogens is 1. The molecule has 0 aliphatic heterocycles. The zero-order valence-corrected chi connectivity index (χ0v) is 15.0. The molecule has 7 heteroatoms. The Morgan fingerprint density at radius 2 is 2.08 bits per heavy atom. The standard InChI is InChI=1S/C17H12ClNO3S2/c1-10-5-6-15(24-10)14(20)8-22-17(21)13-9-23-16(19-13)11-3-2-4-12(18)7-11/h2-7,9H,8H2,1H3. The molecule has 0 aliphatic carbocycles. The van der Waals surface area contributed by atoms with E-state index in [1.54, 1.807) is 23.6 Å². The molecule has 0 N–H and O–H groups in total. The summed E-state index contributed by atoms with van der Waals surface area (Å²) in [6.45, 7) is 1.63. The van der Waals surface area contributed by atoms with Gasteiger partial charge in [0.25, 0.3) is 0 Å². The molecule has 0 bridgehead atoms.